The average Bonchev–Trinajstić information content (AvgIpc) is 2.45. The zero-order valence-corrected chi connectivity index (χ0v) is 13.9. The molecule has 1 saturated heterocycles. The fraction of sp³-hybridized carbons (Fsp3) is 0.923. The van der Waals surface area contributed by atoms with Gasteiger partial charge >= 0.3 is 0 Å². The number of rotatable bonds is 3. The zero-order valence-electron chi connectivity index (χ0n) is 11.0. The maximum absolute atomic E-state index is 6.00. The first-order valence-corrected chi connectivity index (χ1v) is 5.94. The summed E-state index contributed by atoms with van der Waals surface area (Å²) in [7, 11) is 0. The molecule has 0 aromatic rings. The Hall–Kier alpha value is 1.06. The Morgan fingerprint density at radius 1 is 1.07 bits per heavy atom. The minimum atomic E-state index is 0. The van der Waals surface area contributed by atoms with E-state index in [4.69, 9.17) is 4.74 Å². The molecule has 0 amide bonds. The van der Waals surface area contributed by atoms with Crippen LogP contribution in [0.4, 0.5) is 0 Å². The standard InChI is InChI=1S/C13H25O.Y/c1-8(2)11(6)13-12(9(3)4)7-10(5)14-13;/h7-13H,1-6H3;/q-1;/t10-,11?,12-,13+;/m0./s1. The smallest absolute Gasteiger partial charge is 0.0332 e. The van der Waals surface area contributed by atoms with Crippen molar-refractivity contribution in [3.63, 3.8) is 0 Å². The molecule has 0 bridgehead atoms. The van der Waals surface area contributed by atoms with E-state index in [1.165, 1.54) is 0 Å². The second-order valence-electron chi connectivity index (χ2n) is 5.42. The third-order valence-corrected chi connectivity index (χ3v) is 3.58. The Labute approximate surface area is 121 Å². The molecule has 2 heteroatoms. The monoisotopic (exact) mass is 286 g/mol. The van der Waals surface area contributed by atoms with E-state index in [0.29, 0.717) is 35.9 Å². The van der Waals surface area contributed by atoms with Gasteiger partial charge in [0.25, 0.3) is 0 Å². The summed E-state index contributed by atoms with van der Waals surface area (Å²) in [6, 6.07) is 0. The van der Waals surface area contributed by atoms with Gasteiger partial charge in [0.05, 0.1) is 0 Å². The summed E-state index contributed by atoms with van der Waals surface area (Å²) in [5.41, 5.74) is 0. The molecule has 0 aromatic heterocycles. The van der Waals surface area contributed by atoms with Crippen LogP contribution in [0, 0.1) is 30.1 Å². The molecule has 1 unspecified atom stereocenters. The molecule has 1 radical (unpaired) electrons. The molecular weight excluding hydrogens is 261 g/mol. The average molecular weight is 286 g/mol. The van der Waals surface area contributed by atoms with Crippen LogP contribution in [0.3, 0.4) is 0 Å². The molecule has 0 aromatic carbocycles. The SMILES string of the molecule is CC(C)C(C)[C@H]1O[C@@H](C)[CH-][C@H]1C(C)C.[Y]. The van der Waals surface area contributed by atoms with Crippen LogP contribution < -0.4 is 0 Å². The first kappa shape index (κ1) is 16.1. The molecule has 1 aliphatic heterocycles. The van der Waals surface area contributed by atoms with Crippen molar-refractivity contribution < 1.29 is 37.4 Å². The predicted molar refractivity (Wildman–Crippen MR) is 61.0 cm³/mol. The fourth-order valence-electron chi connectivity index (χ4n) is 2.26. The second-order valence-corrected chi connectivity index (χ2v) is 5.42. The van der Waals surface area contributed by atoms with Gasteiger partial charge in [0.15, 0.2) is 0 Å². The molecule has 1 heterocycles. The third kappa shape index (κ3) is 4.09. The van der Waals surface area contributed by atoms with E-state index in [-0.39, 0.29) is 32.7 Å². The van der Waals surface area contributed by atoms with Crippen molar-refractivity contribution in [1.82, 2.24) is 0 Å². The van der Waals surface area contributed by atoms with Crippen LogP contribution in [0.1, 0.15) is 41.5 Å². The van der Waals surface area contributed by atoms with Crippen LogP contribution in [0.5, 0.6) is 0 Å². The van der Waals surface area contributed by atoms with Gasteiger partial charge in [-0.1, -0.05) is 53.6 Å². The minimum absolute atomic E-state index is 0. The van der Waals surface area contributed by atoms with Gasteiger partial charge in [-0.05, 0) is 11.8 Å². The van der Waals surface area contributed by atoms with Crippen molar-refractivity contribution in [3.8, 4) is 0 Å². The largest absolute Gasteiger partial charge is 0.409 e. The molecule has 0 spiro atoms. The summed E-state index contributed by atoms with van der Waals surface area (Å²) >= 11 is 0. The Bertz CT molecular complexity index is 179. The van der Waals surface area contributed by atoms with Crippen LogP contribution in [-0.4, -0.2) is 12.2 Å². The normalized spacial score (nSPS) is 33.2. The van der Waals surface area contributed by atoms with E-state index in [0.717, 1.165) is 0 Å². The quantitative estimate of drug-likeness (QED) is 0.721. The van der Waals surface area contributed by atoms with E-state index >= 15 is 0 Å². The molecule has 0 saturated carbocycles. The zero-order chi connectivity index (χ0) is 10.9. The van der Waals surface area contributed by atoms with Crippen molar-refractivity contribution in [2.45, 2.75) is 53.8 Å². The predicted octanol–water partition coefficient (Wildman–Crippen LogP) is 3.54. The van der Waals surface area contributed by atoms with E-state index in [9.17, 15) is 0 Å². The van der Waals surface area contributed by atoms with E-state index < -0.39 is 0 Å². The third-order valence-electron chi connectivity index (χ3n) is 3.58. The van der Waals surface area contributed by atoms with Crippen molar-refractivity contribution in [3.05, 3.63) is 6.42 Å². The molecule has 1 rings (SSSR count). The molecule has 1 nitrogen and oxygen atoms in total. The first-order chi connectivity index (χ1) is 6.43. The minimum Gasteiger partial charge on any atom is -0.409 e. The van der Waals surface area contributed by atoms with Gasteiger partial charge in [0, 0.05) is 38.8 Å². The molecule has 1 fully saturated rings. The second kappa shape index (κ2) is 6.72. The van der Waals surface area contributed by atoms with E-state index in [1.807, 2.05) is 0 Å². The molecule has 4 atom stereocenters. The fourth-order valence-corrected chi connectivity index (χ4v) is 2.26. The summed E-state index contributed by atoms with van der Waals surface area (Å²) < 4.78 is 6.00. The van der Waals surface area contributed by atoms with E-state index in [2.05, 4.69) is 48.0 Å². The molecule has 1 aliphatic rings. The first-order valence-electron chi connectivity index (χ1n) is 5.94. The van der Waals surface area contributed by atoms with Crippen molar-refractivity contribution in [1.29, 1.82) is 0 Å². The molecular formula is C13H25OY-. The molecule has 15 heavy (non-hydrogen) atoms. The Morgan fingerprint density at radius 2 is 1.60 bits per heavy atom. The summed E-state index contributed by atoms with van der Waals surface area (Å²) in [5.74, 6) is 2.71. The van der Waals surface area contributed by atoms with Gasteiger partial charge in [0.2, 0.25) is 0 Å². The maximum atomic E-state index is 6.00. The molecule has 0 aliphatic carbocycles. The molecule has 0 N–H and O–H groups in total. The van der Waals surface area contributed by atoms with Crippen molar-refractivity contribution in [2.75, 3.05) is 0 Å². The Morgan fingerprint density at radius 3 is 2.00 bits per heavy atom. The summed E-state index contributed by atoms with van der Waals surface area (Å²) in [4.78, 5) is 0. The Kier molecular flexibility index (Phi) is 7.19. The van der Waals surface area contributed by atoms with Crippen LogP contribution in [-0.2, 0) is 37.4 Å². The van der Waals surface area contributed by atoms with Gasteiger partial charge in [-0.2, -0.15) is 0 Å². The van der Waals surface area contributed by atoms with Gasteiger partial charge in [-0.15, -0.1) is 5.92 Å². The topological polar surface area (TPSA) is 9.23 Å². The van der Waals surface area contributed by atoms with E-state index in [1.54, 1.807) is 0 Å². The van der Waals surface area contributed by atoms with Gasteiger partial charge in [-0.25, -0.2) is 0 Å². The van der Waals surface area contributed by atoms with Crippen LogP contribution in [0.2, 0.25) is 0 Å². The maximum Gasteiger partial charge on any atom is 0.0332 e. The summed E-state index contributed by atoms with van der Waals surface area (Å²) in [6.07, 6.45) is 3.16. The molecule has 87 valence electrons. The van der Waals surface area contributed by atoms with Crippen LogP contribution in [0.15, 0.2) is 0 Å². The number of hydrogen-bond acceptors (Lipinski definition) is 1. The van der Waals surface area contributed by atoms with Crippen molar-refractivity contribution >= 4 is 0 Å². The Balaban J connectivity index is 0.00000196. The number of ether oxygens (including phenoxy) is 1. The van der Waals surface area contributed by atoms with Crippen LogP contribution >= 0.6 is 0 Å². The van der Waals surface area contributed by atoms with Gasteiger partial charge in [-0.3, -0.25) is 6.42 Å². The van der Waals surface area contributed by atoms with Crippen molar-refractivity contribution in [2.24, 2.45) is 23.7 Å². The van der Waals surface area contributed by atoms with Gasteiger partial charge in [0.1, 0.15) is 0 Å². The van der Waals surface area contributed by atoms with Crippen LogP contribution in [0.25, 0.3) is 0 Å². The summed E-state index contributed by atoms with van der Waals surface area (Å²) in [5, 5.41) is 0. The summed E-state index contributed by atoms with van der Waals surface area (Å²) in [6.45, 7) is 13.6. The van der Waals surface area contributed by atoms with Gasteiger partial charge < -0.3 is 4.74 Å². The number of hydrogen-bond donors (Lipinski definition) is 0.